The monoisotopic (exact) mass is 83.0 g/mol. The summed E-state index contributed by atoms with van der Waals surface area (Å²) in [7, 11) is 0. The van der Waals surface area contributed by atoms with E-state index in [4.69, 9.17) is 0 Å². The van der Waals surface area contributed by atoms with Gasteiger partial charge in [0.05, 0.1) is 0 Å². The van der Waals surface area contributed by atoms with E-state index in [0.717, 1.165) is 0 Å². The van der Waals surface area contributed by atoms with E-state index < -0.39 is 0 Å². The topological polar surface area (TPSA) is 38.9 Å². The summed E-state index contributed by atoms with van der Waals surface area (Å²) in [6, 6.07) is 0. The minimum Gasteiger partial charge on any atom is -0.342 e. The second-order valence-corrected chi connectivity index (χ2v) is 0.941. The fraction of sp³-hybridized carbons (Fsp3) is 0.333. The molecule has 0 saturated carbocycles. The van der Waals surface area contributed by atoms with Crippen molar-refractivity contribution in [3.05, 3.63) is 12.0 Å². The third kappa shape index (κ3) is 0.381. The van der Waals surface area contributed by atoms with E-state index in [1.807, 2.05) is 0 Å². The molecule has 1 aromatic rings. The summed E-state index contributed by atoms with van der Waals surface area (Å²) in [6.45, 7) is 1.74. The van der Waals surface area contributed by atoms with E-state index >= 15 is 0 Å². The normalized spacial score (nSPS) is 8.83. The zero-order valence-corrected chi connectivity index (χ0v) is 3.30. The highest BCUT2D eigenvalue weighted by Crippen LogP contribution is 1.82. The molecule has 3 heteroatoms. The lowest BCUT2D eigenvalue weighted by Crippen LogP contribution is -1.54. The molecule has 31 valence electrons. The first kappa shape index (κ1) is 3.33. The van der Waals surface area contributed by atoms with Crippen molar-refractivity contribution in [2.24, 2.45) is 0 Å². The van der Waals surface area contributed by atoms with E-state index in [0.29, 0.717) is 5.76 Å². The summed E-state index contributed by atoms with van der Waals surface area (Å²) in [4.78, 5) is 0. The van der Waals surface area contributed by atoms with E-state index in [9.17, 15) is 0 Å². The highest BCUT2D eigenvalue weighted by molar-refractivity contribution is 4.74. The molecular formula is C3H3N2O. The van der Waals surface area contributed by atoms with Crippen molar-refractivity contribution in [1.29, 1.82) is 0 Å². The summed E-state index contributed by atoms with van der Waals surface area (Å²) < 4.78 is 4.42. The Labute approximate surface area is 34.9 Å². The number of aromatic nitrogens is 2. The van der Waals surface area contributed by atoms with Gasteiger partial charge in [0.2, 0.25) is 0 Å². The predicted octanol–water partition coefficient (Wildman–Crippen LogP) is 0.178. The number of aryl methyl sites for hydroxylation is 1. The maximum Gasteiger partial charge on any atom is 0.163 e. The van der Waals surface area contributed by atoms with Crippen LogP contribution in [0.4, 0.5) is 0 Å². The van der Waals surface area contributed by atoms with Gasteiger partial charge in [-0.1, -0.05) is 0 Å². The van der Waals surface area contributed by atoms with Gasteiger partial charge in [-0.25, -0.2) is 0 Å². The van der Waals surface area contributed by atoms with E-state index in [-0.39, 0.29) is 0 Å². The number of hydrogen-bond acceptors (Lipinski definition) is 3. The van der Waals surface area contributed by atoms with Gasteiger partial charge < -0.3 is 4.52 Å². The summed E-state index contributed by atoms with van der Waals surface area (Å²) >= 11 is 0. The molecule has 3 nitrogen and oxygen atoms in total. The van der Waals surface area contributed by atoms with Crippen LogP contribution in [0.15, 0.2) is 4.52 Å². The molecule has 0 unspecified atom stereocenters. The molecule has 6 heavy (non-hydrogen) atoms. The van der Waals surface area contributed by atoms with Crippen molar-refractivity contribution in [3.8, 4) is 0 Å². The van der Waals surface area contributed by atoms with Crippen LogP contribution >= 0.6 is 0 Å². The predicted molar refractivity (Wildman–Crippen MR) is 17.9 cm³/mol. The average molecular weight is 83.1 g/mol. The molecule has 0 aliphatic carbocycles. The van der Waals surface area contributed by atoms with Gasteiger partial charge in [0.1, 0.15) is 0 Å². The summed E-state index contributed by atoms with van der Waals surface area (Å²) in [5, 5.41) is 6.42. The molecule has 1 aromatic heterocycles. The van der Waals surface area contributed by atoms with Crippen LogP contribution in [0.25, 0.3) is 0 Å². The second-order valence-electron chi connectivity index (χ2n) is 0.941. The van der Waals surface area contributed by atoms with Crippen LogP contribution in [0.5, 0.6) is 0 Å². The second kappa shape index (κ2) is 1.08. The summed E-state index contributed by atoms with van der Waals surface area (Å²) in [6.07, 6.45) is 2.47. The maximum absolute atomic E-state index is 4.42. The van der Waals surface area contributed by atoms with Gasteiger partial charge in [-0.15, -0.1) is 5.10 Å². The van der Waals surface area contributed by atoms with Crippen LogP contribution in [-0.2, 0) is 0 Å². The van der Waals surface area contributed by atoms with Gasteiger partial charge in [-0.05, 0) is 6.92 Å². The Hall–Kier alpha value is -0.860. The minimum atomic E-state index is 0.620. The van der Waals surface area contributed by atoms with Crippen molar-refractivity contribution >= 4 is 0 Å². The van der Waals surface area contributed by atoms with E-state index in [1.165, 1.54) is 0 Å². The number of nitrogens with zero attached hydrogens (tertiary/aromatic N) is 2. The van der Waals surface area contributed by atoms with Gasteiger partial charge in [-0.3, -0.25) is 0 Å². The highest BCUT2D eigenvalue weighted by Gasteiger charge is 1.81. The smallest absolute Gasteiger partial charge is 0.163 e. The van der Waals surface area contributed by atoms with Gasteiger partial charge in [-0.2, -0.15) is 0 Å². The first-order chi connectivity index (χ1) is 2.89. The lowest BCUT2D eigenvalue weighted by molar-refractivity contribution is 0.374. The molecule has 0 aromatic carbocycles. The van der Waals surface area contributed by atoms with Crippen LogP contribution in [0.3, 0.4) is 0 Å². The van der Waals surface area contributed by atoms with Crippen molar-refractivity contribution < 1.29 is 4.52 Å². The molecule has 0 atom stereocenters. The van der Waals surface area contributed by atoms with Gasteiger partial charge in [0, 0.05) is 5.27 Å². The zero-order valence-electron chi connectivity index (χ0n) is 3.30. The third-order valence-electron chi connectivity index (χ3n) is 0.426. The Morgan fingerprint density at radius 3 is 2.83 bits per heavy atom. The molecular weight excluding hydrogens is 80.0 g/mol. The third-order valence-corrected chi connectivity index (χ3v) is 0.426. The Morgan fingerprint density at radius 1 is 1.83 bits per heavy atom. The fourth-order valence-electron chi connectivity index (χ4n) is 0.193. The zero-order chi connectivity index (χ0) is 4.41. The molecule has 0 N–H and O–H groups in total. The summed E-state index contributed by atoms with van der Waals surface area (Å²) in [5.41, 5.74) is 0. The van der Waals surface area contributed by atoms with Crippen molar-refractivity contribution in [3.63, 3.8) is 0 Å². The van der Waals surface area contributed by atoms with Crippen LogP contribution in [0.2, 0.25) is 0 Å². The van der Waals surface area contributed by atoms with Crippen molar-refractivity contribution in [2.45, 2.75) is 6.92 Å². The Morgan fingerprint density at radius 2 is 2.67 bits per heavy atom. The van der Waals surface area contributed by atoms with Gasteiger partial charge >= 0.3 is 0 Å². The standard InChI is InChI=1S/C3H3N2O/c1-3-2-4-5-6-3/h1H3. The molecule has 0 aliphatic heterocycles. The van der Waals surface area contributed by atoms with Gasteiger partial charge in [0.15, 0.2) is 12.0 Å². The highest BCUT2D eigenvalue weighted by atomic mass is 16.5. The Balaban J connectivity index is 3.05. The Kier molecular flexibility index (Phi) is 0.602. The quantitative estimate of drug-likeness (QED) is 0.449. The molecule has 0 saturated heterocycles. The number of rotatable bonds is 0. The molecule has 1 rings (SSSR count). The van der Waals surface area contributed by atoms with Crippen LogP contribution in [-0.4, -0.2) is 10.4 Å². The average Bonchev–Trinajstić information content (AvgIpc) is 1.86. The molecule has 0 bridgehead atoms. The summed E-state index contributed by atoms with van der Waals surface area (Å²) in [5.74, 6) is 0.620. The molecule has 0 aliphatic rings. The molecule has 0 amide bonds. The first-order valence-corrected chi connectivity index (χ1v) is 1.56. The fourth-order valence-corrected chi connectivity index (χ4v) is 0.193. The lowest BCUT2D eigenvalue weighted by atomic mass is 10.6. The molecule has 0 fully saturated rings. The maximum atomic E-state index is 4.42. The SMILES string of the molecule is Cc1[c]nno1. The van der Waals surface area contributed by atoms with Gasteiger partial charge in [0.25, 0.3) is 0 Å². The first-order valence-electron chi connectivity index (χ1n) is 1.56. The molecule has 0 spiro atoms. The lowest BCUT2D eigenvalue weighted by Gasteiger charge is -1.61. The van der Waals surface area contributed by atoms with Crippen molar-refractivity contribution in [2.75, 3.05) is 0 Å². The van der Waals surface area contributed by atoms with Crippen LogP contribution in [0.1, 0.15) is 5.76 Å². The minimum absolute atomic E-state index is 0.620. The molecule has 1 heterocycles. The molecule has 1 radical (unpaired) electrons. The van der Waals surface area contributed by atoms with E-state index in [1.54, 1.807) is 6.92 Å². The Bertz CT molecular complexity index is 112. The van der Waals surface area contributed by atoms with Crippen LogP contribution in [0, 0.1) is 13.1 Å². The van der Waals surface area contributed by atoms with Crippen molar-refractivity contribution in [1.82, 2.24) is 10.4 Å². The largest absolute Gasteiger partial charge is 0.342 e. The van der Waals surface area contributed by atoms with E-state index in [2.05, 4.69) is 21.1 Å². The number of hydrogen-bond donors (Lipinski definition) is 0. The van der Waals surface area contributed by atoms with Crippen LogP contribution < -0.4 is 0 Å².